The summed E-state index contributed by atoms with van der Waals surface area (Å²) in [6.07, 6.45) is 3.07. The summed E-state index contributed by atoms with van der Waals surface area (Å²) in [4.78, 5) is 70.9. The van der Waals surface area contributed by atoms with Crippen LogP contribution in [0.2, 0.25) is 0 Å². The molecule has 3 amide bonds. The van der Waals surface area contributed by atoms with Crippen LogP contribution in [0.1, 0.15) is 107 Å². The molecule has 3 N–H and O–H groups in total. The number of hydrogen-bond donors (Lipinski definition) is 3. The molecule has 1 aromatic carbocycles. The van der Waals surface area contributed by atoms with Crippen LogP contribution in [0.5, 0.6) is 0 Å². The molecular formula is C38H59N5O7S. The molecular weight excluding hydrogens is 671 g/mol. The van der Waals surface area contributed by atoms with Crippen molar-refractivity contribution in [2.45, 2.75) is 111 Å². The molecule has 0 fully saturated rings. The number of benzene rings is 1. The van der Waals surface area contributed by atoms with Gasteiger partial charge in [0.25, 0.3) is 5.91 Å². The third-order valence-corrected chi connectivity index (χ3v) is 9.92. The van der Waals surface area contributed by atoms with Crippen LogP contribution >= 0.6 is 11.3 Å². The number of ether oxygens (including phenoxy) is 2. The summed E-state index contributed by atoms with van der Waals surface area (Å²) in [5, 5.41) is 11.2. The van der Waals surface area contributed by atoms with Crippen LogP contribution in [0.25, 0.3) is 0 Å². The summed E-state index contributed by atoms with van der Waals surface area (Å²) < 4.78 is 10.6. The monoisotopic (exact) mass is 729 g/mol. The first-order valence-electron chi connectivity index (χ1n) is 17.9. The quantitative estimate of drug-likeness (QED) is 0.111. The fourth-order valence-electron chi connectivity index (χ4n) is 5.89. The predicted octanol–water partition coefficient (Wildman–Crippen LogP) is 5.08. The third kappa shape index (κ3) is 14.7. The second-order valence-corrected chi connectivity index (χ2v) is 14.8. The molecule has 0 aliphatic heterocycles. The highest BCUT2D eigenvalue weighted by atomic mass is 32.1. The van der Waals surface area contributed by atoms with Gasteiger partial charge in [0, 0.05) is 50.2 Å². The fraction of sp³-hybridized carbons (Fsp3) is 0.632. The molecule has 0 aliphatic rings. The Bertz CT molecular complexity index is 1400. The molecule has 2 aromatic rings. The zero-order valence-corrected chi connectivity index (χ0v) is 32.6. The molecule has 284 valence electrons. The molecule has 0 aliphatic carbocycles. The minimum Gasteiger partial charge on any atom is -0.469 e. The van der Waals surface area contributed by atoms with Crippen LogP contribution in [0.3, 0.4) is 0 Å². The minimum absolute atomic E-state index is 0.0390. The highest BCUT2D eigenvalue weighted by molar-refractivity contribution is 7.09. The predicted molar refractivity (Wildman–Crippen MR) is 199 cm³/mol. The lowest BCUT2D eigenvalue weighted by atomic mass is 9.94. The summed E-state index contributed by atoms with van der Waals surface area (Å²) in [5.41, 5.74) is 1.17. The summed E-state index contributed by atoms with van der Waals surface area (Å²) in [7, 11) is 4.94. The van der Waals surface area contributed by atoms with Gasteiger partial charge < -0.3 is 30.3 Å². The Hall–Kier alpha value is -3.84. The van der Waals surface area contributed by atoms with Crippen molar-refractivity contribution in [2.24, 2.45) is 17.8 Å². The number of nitrogens with zero attached hydrogens (tertiary/aromatic N) is 2. The van der Waals surface area contributed by atoms with Crippen molar-refractivity contribution in [1.82, 2.24) is 25.8 Å². The van der Waals surface area contributed by atoms with Gasteiger partial charge in [0.1, 0.15) is 16.7 Å². The molecule has 5 atom stereocenters. The van der Waals surface area contributed by atoms with E-state index in [1.165, 1.54) is 25.4 Å². The Morgan fingerprint density at radius 1 is 0.941 bits per heavy atom. The first kappa shape index (κ1) is 43.3. The van der Waals surface area contributed by atoms with Crippen molar-refractivity contribution < 1.29 is 33.4 Å². The van der Waals surface area contributed by atoms with E-state index in [2.05, 4.69) is 20.9 Å². The average molecular weight is 730 g/mol. The SMILES string of the molecule is CNCCCC[C@@H](C)C(=O)N[C@H](C(=O)N(C)[C@H](C[C@@H](OC(C)=O)c1nc(C(=O)N[C@H](CCC(=O)OC)Cc2ccccc2)cs1)C(C)C)C(C)C. The number of thiazole rings is 1. The second-order valence-electron chi connectivity index (χ2n) is 13.9. The number of esters is 2. The van der Waals surface area contributed by atoms with Crippen molar-refractivity contribution in [3.05, 3.63) is 52.0 Å². The first-order valence-corrected chi connectivity index (χ1v) is 18.8. The standard InChI is InChI=1S/C38H59N5O7S/c1-24(2)31(43(8)38(48)34(25(3)4)42-35(46)26(5)15-13-14-20-39-7)22-32(50-27(6)44)37-41-30(23-51-37)36(47)40-29(18-19-33(45)49-9)21-28-16-11-10-12-17-28/h10-12,16-17,23-26,29,31-32,34,39H,13-15,18-22H2,1-9H3,(H,40,47)(H,42,46)/t26-,29-,31-,32-,34+/m1/s1. The molecule has 0 saturated carbocycles. The van der Waals surface area contributed by atoms with Gasteiger partial charge in [-0.05, 0) is 56.7 Å². The van der Waals surface area contributed by atoms with E-state index in [1.807, 2.05) is 72.0 Å². The lowest BCUT2D eigenvalue weighted by Crippen LogP contribution is -2.54. The van der Waals surface area contributed by atoms with E-state index in [4.69, 9.17) is 9.47 Å². The molecule has 0 spiro atoms. The van der Waals surface area contributed by atoms with Gasteiger partial charge in [0.05, 0.1) is 7.11 Å². The van der Waals surface area contributed by atoms with Crippen LogP contribution < -0.4 is 16.0 Å². The number of aromatic nitrogens is 1. The normalized spacial score (nSPS) is 14.3. The number of hydrogen-bond acceptors (Lipinski definition) is 10. The van der Waals surface area contributed by atoms with Gasteiger partial charge in [-0.2, -0.15) is 0 Å². The van der Waals surface area contributed by atoms with E-state index in [0.717, 1.165) is 31.4 Å². The maximum Gasteiger partial charge on any atom is 0.305 e. The van der Waals surface area contributed by atoms with Crippen molar-refractivity contribution in [3.63, 3.8) is 0 Å². The van der Waals surface area contributed by atoms with Gasteiger partial charge in [-0.3, -0.25) is 24.0 Å². The highest BCUT2D eigenvalue weighted by Crippen LogP contribution is 2.31. The largest absolute Gasteiger partial charge is 0.469 e. The van der Waals surface area contributed by atoms with E-state index in [-0.39, 0.29) is 66.2 Å². The van der Waals surface area contributed by atoms with Crippen molar-refractivity contribution >= 4 is 41.0 Å². The Labute approximate surface area is 307 Å². The number of nitrogens with one attached hydrogen (secondary N) is 3. The Balaban J connectivity index is 2.23. The number of unbranched alkanes of at least 4 members (excludes halogenated alkanes) is 1. The van der Waals surface area contributed by atoms with Crippen molar-refractivity contribution in [2.75, 3.05) is 27.7 Å². The number of methoxy groups -OCH3 is 1. The number of amides is 3. The van der Waals surface area contributed by atoms with Crippen LogP contribution in [0.4, 0.5) is 0 Å². The van der Waals surface area contributed by atoms with Gasteiger partial charge in [-0.15, -0.1) is 11.3 Å². The van der Waals surface area contributed by atoms with E-state index >= 15 is 0 Å². The van der Waals surface area contributed by atoms with E-state index in [9.17, 15) is 24.0 Å². The molecule has 0 bridgehead atoms. The Kier molecular flexibility index (Phi) is 18.8. The second kappa shape index (κ2) is 22.2. The number of carbonyl (C=O) groups excluding carboxylic acids is 5. The van der Waals surface area contributed by atoms with Crippen LogP contribution in [-0.2, 0) is 35.1 Å². The smallest absolute Gasteiger partial charge is 0.305 e. The molecule has 12 nitrogen and oxygen atoms in total. The van der Waals surface area contributed by atoms with E-state index in [1.54, 1.807) is 17.3 Å². The molecule has 0 radical (unpaired) electrons. The van der Waals surface area contributed by atoms with Gasteiger partial charge in [0.15, 0.2) is 6.10 Å². The molecule has 51 heavy (non-hydrogen) atoms. The number of carbonyl (C=O) groups is 5. The zero-order valence-electron chi connectivity index (χ0n) is 31.8. The van der Waals surface area contributed by atoms with Crippen LogP contribution in [-0.4, -0.2) is 85.4 Å². The van der Waals surface area contributed by atoms with Gasteiger partial charge in [-0.25, -0.2) is 4.98 Å². The number of rotatable bonds is 22. The number of likely N-dealkylation sites (N-methyl/N-ethyl adjacent to an activating group) is 1. The molecule has 2 rings (SSSR count). The summed E-state index contributed by atoms with van der Waals surface area (Å²) >= 11 is 1.20. The highest BCUT2D eigenvalue weighted by Gasteiger charge is 2.35. The molecule has 1 heterocycles. The van der Waals surface area contributed by atoms with E-state index in [0.29, 0.717) is 17.8 Å². The maximum atomic E-state index is 14.0. The van der Waals surface area contributed by atoms with Crippen LogP contribution in [0, 0.1) is 17.8 Å². The zero-order chi connectivity index (χ0) is 38.1. The topological polar surface area (TPSA) is 156 Å². The Morgan fingerprint density at radius 2 is 1.63 bits per heavy atom. The van der Waals surface area contributed by atoms with E-state index < -0.39 is 24.0 Å². The van der Waals surface area contributed by atoms with Crippen LogP contribution in [0.15, 0.2) is 35.7 Å². The molecule has 0 unspecified atom stereocenters. The molecule has 13 heteroatoms. The summed E-state index contributed by atoms with van der Waals surface area (Å²) in [6, 6.07) is 8.20. The van der Waals surface area contributed by atoms with Gasteiger partial charge in [-0.1, -0.05) is 71.4 Å². The van der Waals surface area contributed by atoms with Gasteiger partial charge in [0.2, 0.25) is 11.8 Å². The Morgan fingerprint density at radius 3 is 2.22 bits per heavy atom. The lowest BCUT2D eigenvalue weighted by Gasteiger charge is -2.36. The van der Waals surface area contributed by atoms with Gasteiger partial charge >= 0.3 is 11.9 Å². The minimum atomic E-state index is -0.819. The molecule has 0 saturated heterocycles. The fourth-order valence-corrected chi connectivity index (χ4v) is 6.73. The first-order chi connectivity index (χ1) is 24.2. The average Bonchev–Trinajstić information content (AvgIpc) is 3.59. The third-order valence-electron chi connectivity index (χ3n) is 8.99. The summed E-state index contributed by atoms with van der Waals surface area (Å²) in [6.45, 7) is 11.9. The molecule has 1 aromatic heterocycles. The van der Waals surface area contributed by atoms with Crippen molar-refractivity contribution in [1.29, 1.82) is 0 Å². The maximum absolute atomic E-state index is 14.0. The van der Waals surface area contributed by atoms with Crippen molar-refractivity contribution in [3.8, 4) is 0 Å². The lowest BCUT2D eigenvalue weighted by molar-refractivity contribution is -0.149. The summed E-state index contributed by atoms with van der Waals surface area (Å²) in [5.74, 6) is -2.09.